The number of hydrogen-bond acceptors (Lipinski definition) is 2. The van der Waals surface area contributed by atoms with Crippen molar-refractivity contribution in [1.82, 2.24) is 0 Å². The van der Waals surface area contributed by atoms with Crippen molar-refractivity contribution in [1.29, 1.82) is 0 Å². The second kappa shape index (κ2) is 2.89. The van der Waals surface area contributed by atoms with E-state index in [9.17, 15) is 0 Å². The summed E-state index contributed by atoms with van der Waals surface area (Å²) in [6.07, 6.45) is 0.885. The van der Waals surface area contributed by atoms with E-state index in [1.165, 1.54) is 0 Å². The molecule has 0 fully saturated rings. The summed E-state index contributed by atoms with van der Waals surface area (Å²) in [5, 5.41) is 0. The molecule has 0 aliphatic rings. The molecule has 62 valence electrons. The van der Waals surface area contributed by atoms with Gasteiger partial charge >= 0.3 is 0 Å². The van der Waals surface area contributed by atoms with Crippen LogP contribution in [-0.4, -0.2) is 12.1 Å². The van der Waals surface area contributed by atoms with Crippen molar-refractivity contribution in [3.63, 3.8) is 0 Å². The zero-order valence-electron chi connectivity index (χ0n) is 7.57. The summed E-state index contributed by atoms with van der Waals surface area (Å²) in [7, 11) is 0. The van der Waals surface area contributed by atoms with Crippen molar-refractivity contribution < 1.29 is 0 Å². The normalized spacial score (nSPS) is 18.6. The van der Waals surface area contributed by atoms with Crippen molar-refractivity contribution in [2.24, 2.45) is 16.9 Å². The topological polar surface area (TPSA) is 52.0 Å². The summed E-state index contributed by atoms with van der Waals surface area (Å²) < 4.78 is 0. The molecule has 1 unspecified atom stereocenters. The molecule has 0 heterocycles. The quantitative estimate of drug-likeness (QED) is 0.609. The van der Waals surface area contributed by atoms with Crippen molar-refractivity contribution in [2.75, 3.05) is 6.54 Å². The molecule has 0 spiro atoms. The van der Waals surface area contributed by atoms with E-state index in [2.05, 4.69) is 27.7 Å². The summed E-state index contributed by atoms with van der Waals surface area (Å²) >= 11 is 0. The minimum absolute atomic E-state index is 0.137. The first-order valence-corrected chi connectivity index (χ1v) is 3.80. The molecule has 2 nitrogen and oxygen atoms in total. The Morgan fingerprint density at radius 2 is 1.50 bits per heavy atom. The zero-order valence-corrected chi connectivity index (χ0v) is 7.57. The van der Waals surface area contributed by atoms with E-state index in [0.717, 1.165) is 6.42 Å². The highest BCUT2D eigenvalue weighted by atomic mass is 14.8. The van der Waals surface area contributed by atoms with Crippen molar-refractivity contribution in [3.05, 3.63) is 0 Å². The van der Waals surface area contributed by atoms with Gasteiger partial charge in [0, 0.05) is 5.54 Å². The first kappa shape index (κ1) is 9.92. The molecule has 10 heavy (non-hydrogen) atoms. The fourth-order valence-corrected chi connectivity index (χ4v) is 0.675. The molecule has 1 atom stereocenters. The maximum Gasteiger partial charge on any atom is 0.0186 e. The molecule has 0 aliphatic heterocycles. The summed E-state index contributed by atoms with van der Waals surface area (Å²) in [6, 6.07) is 0. The first-order valence-electron chi connectivity index (χ1n) is 3.80. The monoisotopic (exact) mass is 144 g/mol. The first-order chi connectivity index (χ1) is 4.31. The Labute approximate surface area is 64.0 Å². The van der Waals surface area contributed by atoms with Crippen molar-refractivity contribution in [2.45, 2.75) is 39.7 Å². The largest absolute Gasteiger partial charge is 0.330 e. The Morgan fingerprint density at radius 3 is 1.60 bits per heavy atom. The number of nitrogens with two attached hydrogens (primary N) is 2. The van der Waals surface area contributed by atoms with Gasteiger partial charge in [0.2, 0.25) is 0 Å². The average molecular weight is 144 g/mol. The highest BCUT2D eigenvalue weighted by Gasteiger charge is 2.32. The standard InChI is InChI=1S/C8H20N2/c1-7(2,3)8(4,10)5-6-9/h5-6,9-10H2,1-4H3. The highest BCUT2D eigenvalue weighted by Crippen LogP contribution is 2.29. The molecule has 0 saturated carbocycles. The van der Waals surface area contributed by atoms with Crippen LogP contribution in [-0.2, 0) is 0 Å². The van der Waals surface area contributed by atoms with Gasteiger partial charge in [-0.25, -0.2) is 0 Å². The van der Waals surface area contributed by atoms with E-state index < -0.39 is 0 Å². The van der Waals surface area contributed by atoms with Gasteiger partial charge in [-0.2, -0.15) is 0 Å². The van der Waals surface area contributed by atoms with Crippen LogP contribution in [0, 0.1) is 5.41 Å². The zero-order chi connectivity index (χ0) is 8.41. The third-order valence-electron chi connectivity index (χ3n) is 2.38. The lowest BCUT2D eigenvalue weighted by molar-refractivity contribution is 0.198. The Bertz CT molecular complexity index is 100. The van der Waals surface area contributed by atoms with E-state index in [4.69, 9.17) is 11.5 Å². The van der Waals surface area contributed by atoms with Crippen LogP contribution in [0.5, 0.6) is 0 Å². The highest BCUT2D eigenvalue weighted by molar-refractivity contribution is 4.90. The van der Waals surface area contributed by atoms with E-state index >= 15 is 0 Å². The molecule has 0 aromatic heterocycles. The summed E-state index contributed by atoms with van der Waals surface area (Å²) in [4.78, 5) is 0. The molecular formula is C8H20N2. The molecule has 2 heteroatoms. The van der Waals surface area contributed by atoms with Crippen molar-refractivity contribution >= 4 is 0 Å². The van der Waals surface area contributed by atoms with Gasteiger partial charge in [0.15, 0.2) is 0 Å². The molecular weight excluding hydrogens is 124 g/mol. The van der Waals surface area contributed by atoms with Gasteiger partial charge in [0.05, 0.1) is 0 Å². The Morgan fingerprint density at radius 1 is 1.10 bits per heavy atom. The van der Waals surface area contributed by atoms with E-state index in [1.54, 1.807) is 0 Å². The molecule has 0 rings (SSSR count). The van der Waals surface area contributed by atoms with E-state index in [-0.39, 0.29) is 11.0 Å². The van der Waals surface area contributed by atoms with Crippen LogP contribution < -0.4 is 11.5 Å². The number of hydrogen-bond donors (Lipinski definition) is 2. The third kappa shape index (κ3) is 2.27. The second-order valence-electron chi connectivity index (χ2n) is 4.21. The van der Waals surface area contributed by atoms with Gasteiger partial charge in [-0.15, -0.1) is 0 Å². The lowest BCUT2D eigenvalue weighted by atomic mass is 9.74. The predicted molar refractivity (Wildman–Crippen MR) is 45.7 cm³/mol. The molecule has 0 radical (unpaired) electrons. The van der Waals surface area contributed by atoms with Crippen LogP contribution in [0.1, 0.15) is 34.1 Å². The molecule has 0 aromatic rings. The second-order valence-corrected chi connectivity index (χ2v) is 4.21. The fourth-order valence-electron chi connectivity index (χ4n) is 0.675. The fraction of sp³-hybridized carbons (Fsp3) is 1.00. The Balaban J connectivity index is 4.10. The lowest BCUT2D eigenvalue weighted by Crippen LogP contribution is -2.49. The van der Waals surface area contributed by atoms with E-state index in [0.29, 0.717) is 6.54 Å². The van der Waals surface area contributed by atoms with Gasteiger partial charge in [0.25, 0.3) is 0 Å². The average Bonchev–Trinajstić information content (AvgIpc) is 1.61. The van der Waals surface area contributed by atoms with Crippen LogP contribution in [0.15, 0.2) is 0 Å². The minimum Gasteiger partial charge on any atom is -0.330 e. The minimum atomic E-state index is -0.137. The molecule has 0 saturated heterocycles. The molecule has 0 amide bonds. The van der Waals surface area contributed by atoms with Gasteiger partial charge in [-0.1, -0.05) is 20.8 Å². The van der Waals surface area contributed by atoms with E-state index in [1.807, 2.05) is 0 Å². The van der Waals surface area contributed by atoms with Gasteiger partial charge in [0.1, 0.15) is 0 Å². The van der Waals surface area contributed by atoms with Crippen LogP contribution in [0.2, 0.25) is 0 Å². The lowest BCUT2D eigenvalue weighted by Gasteiger charge is -2.38. The maximum absolute atomic E-state index is 6.02. The maximum atomic E-state index is 6.02. The molecule has 0 aliphatic carbocycles. The van der Waals surface area contributed by atoms with Crippen LogP contribution >= 0.6 is 0 Å². The SMILES string of the molecule is CC(C)(C)C(C)(N)CCN. The summed E-state index contributed by atoms with van der Waals surface area (Å²) in [5.74, 6) is 0. The molecule has 4 N–H and O–H groups in total. The Kier molecular flexibility index (Phi) is 2.86. The summed E-state index contributed by atoms with van der Waals surface area (Å²) in [6.45, 7) is 9.15. The van der Waals surface area contributed by atoms with Crippen molar-refractivity contribution in [3.8, 4) is 0 Å². The molecule has 0 aromatic carbocycles. The predicted octanol–water partition coefficient (Wildman–Crippen LogP) is 1.10. The summed E-state index contributed by atoms with van der Waals surface area (Å²) in [5.41, 5.74) is 11.5. The van der Waals surface area contributed by atoms with Gasteiger partial charge in [-0.3, -0.25) is 0 Å². The van der Waals surface area contributed by atoms with Gasteiger partial charge < -0.3 is 11.5 Å². The smallest absolute Gasteiger partial charge is 0.0186 e. The van der Waals surface area contributed by atoms with Crippen LogP contribution in [0.25, 0.3) is 0 Å². The van der Waals surface area contributed by atoms with Crippen LogP contribution in [0.3, 0.4) is 0 Å². The molecule has 0 bridgehead atoms. The third-order valence-corrected chi connectivity index (χ3v) is 2.38. The Hall–Kier alpha value is -0.0800. The van der Waals surface area contributed by atoms with Gasteiger partial charge in [-0.05, 0) is 25.3 Å². The van der Waals surface area contributed by atoms with Crippen LogP contribution in [0.4, 0.5) is 0 Å². The number of rotatable bonds is 2.